The van der Waals surface area contributed by atoms with Crippen LogP contribution in [0.4, 0.5) is 0 Å². The van der Waals surface area contributed by atoms with Crippen LogP contribution in [0.25, 0.3) is 11.0 Å². The van der Waals surface area contributed by atoms with Crippen molar-refractivity contribution in [3.05, 3.63) is 30.6 Å². The fourth-order valence-electron chi connectivity index (χ4n) is 1.43. The molecule has 13 heavy (non-hydrogen) atoms. The largest absolute Gasteiger partial charge is 0.331 e. The highest BCUT2D eigenvalue weighted by Crippen LogP contribution is 2.11. The van der Waals surface area contributed by atoms with Gasteiger partial charge in [-0.2, -0.15) is 0 Å². The Morgan fingerprint density at radius 3 is 3.23 bits per heavy atom. The highest BCUT2D eigenvalue weighted by atomic mass is 15.0. The third-order valence-corrected chi connectivity index (χ3v) is 2.13. The lowest BCUT2D eigenvalue weighted by molar-refractivity contribution is 0.658. The fourth-order valence-corrected chi connectivity index (χ4v) is 1.43. The Balaban J connectivity index is 2.35. The molecule has 0 aliphatic carbocycles. The van der Waals surface area contributed by atoms with Crippen molar-refractivity contribution in [3.8, 4) is 0 Å². The fraction of sp³-hybridized carbons (Fsp3) is 0.300. The second-order valence-corrected chi connectivity index (χ2v) is 3.03. The van der Waals surface area contributed by atoms with E-state index in [9.17, 15) is 0 Å². The molecule has 0 atom stereocenters. The van der Waals surface area contributed by atoms with Crippen molar-refractivity contribution in [1.29, 1.82) is 0 Å². The summed E-state index contributed by atoms with van der Waals surface area (Å²) in [6, 6.07) is 6.14. The van der Waals surface area contributed by atoms with Crippen LogP contribution in [0.5, 0.6) is 0 Å². The van der Waals surface area contributed by atoms with Crippen LogP contribution in [-0.2, 0) is 6.54 Å². The van der Waals surface area contributed by atoms with Crippen molar-refractivity contribution in [1.82, 2.24) is 14.9 Å². The van der Waals surface area contributed by atoms with Gasteiger partial charge in [0.05, 0.1) is 0 Å². The van der Waals surface area contributed by atoms with Crippen LogP contribution < -0.4 is 5.32 Å². The maximum atomic E-state index is 4.33. The molecule has 0 aliphatic rings. The predicted molar refractivity (Wildman–Crippen MR) is 53.7 cm³/mol. The SMILES string of the molecule is CNCCn1ccc2cccnc21. The predicted octanol–water partition coefficient (Wildman–Crippen LogP) is 1.26. The summed E-state index contributed by atoms with van der Waals surface area (Å²) >= 11 is 0. The first kappa shape index (κ1) is 8.26. The third kappa shape index (κ3) is 1.55. The summed E-state index contributed by atoms with van der Waals surface area (Å²) in [7, 11) is 1.96. The van der Waals surface area contributed by atoms with Gasteiger partial charge in [0.1, 0.15) is 5.65 Å². The molecule has 0 bridgehead atoms. The van der Waals surface area contributed by atoms with Gasteiger partial charge in [0.15, 0.2) is 0 Å². The Labute approximate surface area is 77.4 Å². The Hall–Kier alpha value is -1.35. The molecule has 3 heteroatoms. The summed E-state index contributed by atoms with van der Waals surface area (Å²) in [4.78, 5) is 4.33. The van der Waals surface area contributed by atoms with Gasteiger partial charge in [-0.05, 0) is 25.2 Å². The molecule has 0 spiro atoms. The first-order valence-corrected chi connectivity index (χ1v) is 4.46. The van der Waals surface area contributed by atoms with E-state index in [2.05, 4.69) is 33.2 Å². The molecule has 2 rings (SSSR count). The van der Waals surface area contributed by atoms with Gasteiger partial charge in [-0.25, -0.2) is 4.98 Å². The number of rotatable bonds is 3. The normalized spacial score (nSPS) is 10.8. The minimum Gasteiger partial charge on any atom is -0.331 e. The maximum absolute atomic E-state index is 4.33. The van der Waals surface area contributed by atoms with Gasteiger partial charge in [0.2, 0.25) is 0 Å². The van der Waals surface area contributed by atoms with Crippen molar-refractivity contribution < 1.29 is 0 Å². The minimum absolute atomic E-state index is 0.969. The molecular formula is C10H13N3. The zero-order chi connectivity index (χ0) is 9.10. The van der Waals surface area contributed by atoms with Crippen molar-refractivity contribution in [3.63, 3.8) is 0 Å². The monoisotopic (exact) mass is 175 g/mol. The smallest absolute Gasteiger partial charge is 0.139 e. The molecule has 0 unspecified atom stereocenters. The van der Waals surface area contributed by atoms with Crippen LogP contribution >= 0.6 is 0 Å². The molecule has 2 heterocycles. The second kappa shape index (κ2) is 3.58. The van der Waals surface area contributed by atoms with Gasteiger partial charge < -0.3 is 9.88 Å². The Morgan fingerprint density at radius 2 is 2.38 bits per heavy atom. The lowest BCUT2D eigenvalue weighted by atomic mass is 10.3. The van der Waals surface area contributed by atoms with E-state index in [0.717, 1.165) is 18.7 Å². The van der Waals surface area contributed by atoms with Crippen LogP contribution in [0.3, 0.4) is 0 Å². The molecule has 2 aromatic rings. The first-order valence-electron chi connectivity index (χ1n) is 4.46. The number of nitrogens with zero attached hydrogens (tertiary/aromatic N) is 2. The van der Waals surface area contributed by atoms with E-state index in [1.807, 2.05) is 19.3 Å². The highest BCUT2D eigenvalue weighted by molar-refractivity contribution is 5.75. The van der Waals surface area contributed by atoms with Gasteiger partial charge >= 0.3 is 0 Å². The van der Waals surface area contributed by atoms with E-state index in [0.29, 0.717) is 0 Å². The number of hydrogen-bond acceptors (Lipinski definition) is 2. The van der Waals surface area contributed by atoms with Crippen molar-refractivity contribution >= 4 is 11.0 Å². The number of pyridine rings is 1. The minimum atomic E-state index is 0.969. The molecule has 0 aliphatic heterocycles. The molecule has 0 saturated carbocycles. The molecular weight excluding hydrogens is 162 g/mol. The maximum Gasteiger partial charge on any atom is 0.139 e. The summed E-state index contributed by atoms with van der Waals surface area (Å²) in [5.74, 6) is 0. The van der Waals surface area contributed by atoms with Crippen molar-refractivity contribution in [2.45, 2.75) is 6.54 Å². The van der Waals surface area contributed by atoms with E-state index in [4.69, 9.17) is 0 Å². The van der Waals surface area contributed by atoms with Gasteiger partial charge in [-0.15, -0.1) is 0 Å². The van der Waals surface area contributed by atoms with Crippen LogP contribution in [0, 0.1) is 0 Å². The lowest BCUT2D eigenvalue weighted by Crippen LogP contribution is -2.14. The number of nitrogens with one attached hydrogen (secondary N) is 1. The first-order chi connectivity index (χ1) is 6.42. The third-order valence-electron chi connectivity index (χ3n) is 2.13. The number of hydrogen-bond donors (Lipinski definition) is 1. The molecule has 68 valence electrons. The van der Waals surface area contributed by atoms with E-state index in [-0.39, 0.29) is 0 Å². The van der Waals surface area contributed by atoms with Crippen LogP contribution in [0.1, 0.15) is 0 Å². The van der Waals surface area contributed by atoms with E-state index < -0.39 is 0 Å². The zero-order valence-electron chi connectivity index (χ0n) is 7.70. The summed E-state index contributed by atoms with van der Waals surface area (Å²) in [5.41, 5.74) is 1.07. The molecule has 1 N–H and O–H groups in total. The van der Waals surface area contributed by atoms with Crippen LogP contribution in [0.2, 0.25) is 0 Å². The Morgan fingerprint density at radius 1 is 1.46 bits per heavy atom. The summed E-state index contributed by atoms with van der Waals surface area (Å²) in [6.07, 6.45) is 3.91. The van der Waals surface area contributed by atoms with Gasteiger partial charge in [0.25, 0.3) is 0 Å². The summed E-state index contributed by atoms with van der Waals surface area (Å²) in [6.45, 7) is 1.94. The topological polar surface area (TPSA) is 29.9 Å². The number of aromatic nitrogens is 2. The van der Waals surface area contributed by atoms with Gasteiger partial charge in [-0.3, -0.25) is 0 Å². The Kier molecular flexibility index (Phi) is 2.27. The van der Waals surface area contributed by atoms with Gasteiger partial charge in [-0.1, -0.05) is 0 Å². The number of fused-ring (bicyclic) bond motifs is 1. The van der Waals surface area contributed by atoms with E-state index in [1.54, 1.807) is 0 Å². The average Bonchev–Trinajstić information content (AvgIpc) is 2.58. The molecule has 0 radical (unpaired) electrons. The molecule has 0 amide bonds. The van der Waals surface area contributed by atoms with Gasteiger partial charge in [0, 0.05) is 30.9 Å². The molecule has 0 aromatic carbocycles. The molecule has 0 saturated heterocycles. The summed E-state index contributed by atoms with van der Waals surface area (Å²) in [5, 5.41) is 4.33. The second-order valence-electron chi connectivity index (χ2n) is 3.03. The lowest BCUT2D eigenvalue weighted by Gasteiger charge is -2.02. The van der Waals surface area contributed by atoms with E-state index >= 15 is 0 Å². The number of likely N-dealkylation sites (N-methyl/N-ethyl adjacent to an activating group) is 1. The molecule has 2 aromatic heterocycles. The standard InChI is InChI=1S/C10H13N3/c1-11-6-8-13-7-4-9-3-2-5-12-10(9)13/h2-5,7,11H,6,8H2,1H3. The molecule has 3 nitrogen and oxygen atoms in total. The quantitative estimate of drug-likeness (QED) is 0.761. The molecule has 0 fully saturated rings. The summed E-state index contributed by atoms with van der Waals surface area (Å²) < 4.78 is 2.16. The van der Waals surface area contributed by atoms with Crippen molar-refractivity contribution in [2.24, 2.45) is 0 Å². The Bertz CT molecular complexity index is 392. The van der Waals surface area contributed by atoms with Crippen LogP contribution in [0.15, 0.2) is 30.6 Å². The van der Waals surface area contributed by atoms with E-state index in [1.165, 1.54) is 5.39 Å². The van der Waals surface area contributed by atoms with Crippen LogP contribution in [-0.4, -0.2) is 23.1 Å². The van der Waals surface area contributed by atoms with Crippen molar-refractivity contribution in [2.75, 3.05) is 13.6 Å². The highest BCUT2D eigenvalue weighted by Gasteiger charge is 1.98. The zero-order valence-corrected chi connectivity index (χ0v) is 7.70. The average molecular weight is 175 g/mol.